The highest BCUT2D eigenvalue weighted by atomic mass is 32.1. The van der Waals surface area contributed by atoms with Crippen LogP contribution in [0.15, 0.2) is 84.2 Å². The maximum atomic E-state index is 12.8. The third kappa shape index (κ3) is 4.58. The zero-order valence-electron chi connectivity index (χ0n) is 16.9. The van der Waals surface area contributed by atoms with Crippen molar-refractivity contribution in [3.63, 3.8) is 0 Å². The van der Waals surface area contributed by atoms with Crippen LogP contribution in [0.5, 0.6) is 0 Å². The molecule has 3 aromatic carbocycles. The minimum absolute atomic E-state index is 0.244. The molecule has 1 heterocycles. The number of nitrogens with zero attached hydrogens (tertiary/aromatic N) is 1. The topological polar surface area (TPSA) is 54.0 Å². The normalized spacial score (nSPS) is 10.8. The van der Waals surface area contributed by atoms with E-state index in [9.17, 15) is 4.79 Å². The Kier molecular flexibility index (Phi) is 5.91. The first-order chi connectivity index (χ1) is 14.6. The van der Waals surface area contributed by atoms with Gasteiger partial charge in [-0.25, -0.2) is 9.78 Å². The quantitative estimate of drug-likeness (QED) is 0.401. The summed E-state index contributed by atoms with van der Waals surface area (Å²) in [7, 11) is 0. The Balaban J connectivity index is 1.50. The molecule has 1 aromatic heterocycles. The van der Waals surface area contributed by atoms with Gasteiger partial charge in [0.25, 0.3) is 0 Å². The van der Waals surface area contributed by atoms with E-state index in [1.807, 2.05) is 66.0 Å². The van der Waals surface area contributed by atoms with Crippen molar-refractivity contribution in [1.82, 2.24) is 10.3 Å². The average molecular weight is 414 g/mol. The van der Waals surface area contributed by atoms with Gasteiger partial charge < -0.3 is 5.32 Å². The second-order valence-corrected chi connectivity index (χ2v) is 8.05. The molecule has 2 amide bonds. The Hall–Kier alpha value is -3.44. The molecule has 0 atom stereocenters. The summed E-state index contributed by atoms with van der Waals surface area (Å²) >= 11 is 1.42. The van der Waals surface area contributed by atoms with E-state index in [4.69, 9.17) is 0 Å². The number of benzene rings is 3. The van der Waals surface area contributed by atoms with Crippen molar-refractivity contribution in [2.75, 3.05) is 5.32 Å². The Morgan fingerprint density at radius 3 is 2.10 bits per heavy atom. The number of anilines is 1. The van der Waals surface area contributed by atoms with Crippen molar-refractivity contribution in [2.24, 2.45) is 0 Å². The van der Waals surface area contributed by atoms with E-state index in [1.54, 1.807) is 0 Å². The van der Waals surface area contributed by atoms with Gasteiger partial charge in [-0.1, -0.05) is 72.8 Å². The Morgan fingerprint density at radius 1 is 0.867 bits per heavy atom. The van der Waals surface area contributed by atoms with Gasteiger partial charge in [-0.2, -0.15) is 0 Å². The zero-order valence-corrected chi connectivity index (χ0v) is 17.7. The summed E-state index contributed by atoms with van der Waals surface area (Å²) < 4.78 is 0. The van der Waals surface area contributed by atoms with Gasteiger partial charge in [-0.15, -0.1) is 11.3 Å². The molecule has 0 saturated heterocycles. The number of carbonyl (C=O) groups excluding carboxylic acids is 1. The number of hydrogen-bond donors (Lipinski definition) is 2. The molecule has 2 N–H and O–H groups in total. The maximum absolute atomic E-state index is 12.8. The fourth-order valence-electron chi connectivity index (χ4n) is 3.28. The number of amides is 2. The van der Waals surface area contributed by atoms with Crippen LogP contribution in [0.25, 0.3) is 11.3 Å². The minimum Gasteiger partial charge on any atom is -0.327 e. The van der Waals surface area contributed by atoms with Gasteiger partial charge in [0.05, 0.1) is 11.7 Å². The van der Waals surface area contributed by atoms with Gasteiger partial charge in [-0.05, 0) is 42.2 Å². The lowest BCUT2D eigenvalue weighted by Gasteiger charge is -2.19. The van der Waals surface area contributed by atoms with Crippen LogP contribution in [-0.4, -0.2) is 11.0 Å². The molecule has 150 valence electrons. The van der Waals surface area contributed by atoms with Crippen LogP contribution in [-0.2, 0) is 0 Å². The number of urea groups is 1. The molecule has 0 bridgehead atoms. The Bertz CT molecular complexity index is 1100. The van der Waals surface area contributed by atoms with Crippen molar-refractivity contribution < 1.29 is 4.79 Å². The van der Waals surface area contributed by atoms with Gasteiger partial charge in [0.15, 0.2) is 5.13 Å². The summed E-state index contributed by atoms with van der Waals surface area (Å²) in [4.78, 5) is 17.3. The number of aryl methyl sites for hydroxylation is 2. The van der Waals surface area contributed by atoms with E-state index in [0.29, 0.717) is 5.13 Å². The van der Waals surface area contributed by atoms with E-state index in [0.717, 1.165) is 22.4 Å². The third-order valence-corrected chi connectivity index (χ3v) is 5.83. The summed E-state index contributed by atoms with van der Waals surface area (Å²) in [5, 5.41) is 8.50. The van der Waals surface area contributed by atoms with Crippen molar-refractivity contribution >= 4 is 22.5 Å². The molecule has 0 aliphatic carbocycles. The fraction of sp³-hybridized carbons (Fsp3) is 0.120. The molecule has 0 radical (unpaired) electrons. The van der Waals surface area contributed by atoms with Gasteiger partial charge in [0, 0.05) is 10.9 Å². The largest absolute Gasteiger partial charge is 0.327 e. The third-order valence-electron chi connectivity index (χ3n) is 5.07. The molecule has 0 spiro atoms. The van der Waals surface area contributed by atoms with Crippen molar-refractivity contribution in [2.45, 2.75) is 19.9 Å². The van der Waals surface area contributed by atoms with Crippen LogP contribution in [0.2, 0.25) is 0 Å². The van der Waals surface area contributed by atoms with E-state index in [-0.39, 0.29) is 12.1 Å². The van der Waals surface area contributed by atoms with Gasteiger partial charge in [0.2, 0.25) is 0 Å². The number of rotatable bonds is 5. The van der Waals surface area contributed by atoms with E-state index in [1.165, 1.54) is 22.5 Å². The lowest BCUT2D eigenvalue weighted by Crippen LogP contribution is -2.33. The standard InChI is InChI=1S/C25H23N3OS/c1-17-13-14-21(15-18(17)2)22-16-30-25(26-22)28-24(29)27-23(19-9-5-3-6-10-19)20-11-7-4-8-12-20/h3-16,23H,1-2H3,(H2,26,27,28,29). The summed E-state index contributed by atoms with van der Waals surface area (Å²) in [6.45, 7) is 4.18. The highest BCUT2D eigenvalue weighted by Gasteiger charge is 2.17. The van der Waals surface area contributed by atoms with E-state index >= 15 is 0 Å². The molecule has 4 rings (SSSR count). The number of thiazole rings is 1. The van der Waals surface area contributed by atoms with Crippen LogP contribution in [0.1, 0.15) is 28.3 Å². The molecule has 5 heteroatoms. The molecule has 0 unspecified atom stereocenters. The lowest BCUT2D eigenvalue weighted by atomic mass is 9.99. The van der Waals surface area contributed by atoms with Crippen molar-refractivity contribution in [3.8, 4) is 11.3 Å². The highest BCUT2D eigenvalue weighted by Crippen LogP contribution is 2.27. The molecule has 0 saturated carbocycles. The Morgan fingerprint density at radius 2 is 1.50 bits per heavy atom. The first-order valence-corrected chi connectivity index (χ1v) is 10.7. The zero-order chi connectivity index (χ0) is 20.9. The molecule has 4 aromatic rings. The molecule has 30 heavy (non-hydrogen) atoms. The summed E-state index contributed by atoms with van der Waals surface area (Å²) in [5.74, 6) is 0. The van der Waals surface area contributed by atoms with Gasteiger partial charge >= 0.3 is 6.03 Å². The van der Waals surface area contributed by atoms with Gasteiger partial charge in [0.1, 0.15) is 0 Å². The summed E-state index contributed by atoms with van der Waals surface area (Å²) in [6, 6.07) is 25.6. The smallest absolute Gasteiger partial charge is 0.321 e. The average Bonchev–Trinajstić information content (AvgIpc) is 3.23. The van der Waals surface area contributed by atoms with Crippen molar-refractivity contribution in [1.29, 1.82) is 0 Å². The number of aromatic nitrogens is 1. The monoisotopic (exact) mass is 413 g/mol. The highest BCUT2D eigenvalue weighted by molar-refractivity contribution is 7.14. The van der Waals surface area contributed by atoms with E-state index in [2.05, 4.69) is 47.7 Å². The molecule has 0 aliphatic rings. The predicted molar refractivity (Wildman–Crippen MR) is 124 cm³/mol. The summed E-state index contributed by atoms with van der Waals surface area (Å²) in [6.07, 6.45) is 0. The first kappa shape index (κ1) is 19.9. The summed E-state index contributed by atoms with van der Waals surface area (Å²) in [5.41, 5.74) is 6.43. The molecule has 4 nitrogen and oxygen atoms in total. The molecule has 0 aliphatic heterocycles. The first-order valence-electron chi connectivity index (χ1n) is 9.81. The molecular formula is C25H23N3OS. The maximum Gasteiger partial charge on any atom is 0.321 e. The number of carbonyl (C=O) groups is 1. The number of hydrogen-bond acceptors (Lipinski definition) is 3. The fourth-order valence-corrected chi connectivity index (χ4v) is 3.99. The second-order valence-electron chi connectivity index (χ2n) is 7.19. The van der Waals surface area contributed by atoms with Gasteiger partial charge in [-0.3, -0.25) is 5.32 Å². The molecule has 0 fully saturated rings. The predicted octanol–water partition coefficient (Wildman–Crippen LogP) is 6.34. The Labute approximate surface area is 180 Å². The number of nitrogens with one attached hydrogen (secondary N) is 2. The molecular weight excluding hydrogens is 390 g/mol. The van der Waals surface area contributed by atoms with E-state index < -0.39 is 0 Å². The van der Waals surface area contributed by atoms with Crippen LogP contribution >= 0.6 is 11.3 Å². The van der Waals surface area contributed by atoms with Crippen LogP contribution < -0.4 is 10.6 Å². The minimum atomic E-state index is -0.284. The van der Waals surface area contributed by atoms with Crippen LogP contribution in [0.4, 0.5) is 9.93 Å². The SMILES string of the molecule is Cc1ccc(-c2csc(NC(=O)NC(c3ccccc3)c3ccccc3)n2)cc1C. The lowest BCUT2D eigenvalue weighted by molar-refractivity contribution is 0.250. The van der Waals surface area contributed by atoms with Crippen LogP contribution in [0.3, 0.4) is 0 Å². The van der Waals surface area contributed by atoms with Crippen molar-refractivity contribution in [3.05, 3.63) is 106 Å². The van der Waals surface area contributed by atoms with Crippen LogP contribution in [0, 0.1) is 13.8 Å². The second kappa shape index (κ2) is 8.93.